The van der Waals surface area contributed by atoms with E-state index in [1.54, 1.807) is 0 Å². The van der Waals surface area contributed by atoms with Crippen molar-refractivity contribution >= 4 is 17.7 Å². The highest BCUT2D eigenvalue weighted by Gasteiger charge is 2.23. The van der Waals surface area contributed by atoms with E-state index in [1.807, 2.05) is 26.8 Å². The highest BCUT2D eigenvalue weighted by molar-refractivity contribution is 7.99. The van der Waals surface area contributed by atoms with E-state index in [-0.39, 0.29) is 11.9 Å². The van der Waals surface area contributed by atoms with E-state index in [0.29, 0.717) is 10.9 Å². The molecule has 1 unspecified atom stereocenters. The molecule has 0 saturated carbocycles. The number of carbonyl (C=O) groups is 1. The predicted molar refractivity (Wildman–Crippen MR) is 105 cm³/mol. The fraction of sp³-hybridized carbons (Fsp3) is 0.450. The second-order valence-corrected chi connectivity index (χ2v) is 7.81. The molecule has 1 fully saturated rings. The molecule has 5 nitrogen and oxygen atoms in total. The second-order valence-electron chi connectivity index (χ2n) is 6.86. The average Bonchev–Trinajstić information content (AvgIpc) is 3.05. The Morgan fingerprint density at radius 1 is 1.19 bits per heavy atom. The standard InChI is InChI=1S/C20H26N4OS/c1-14-15(2)21-20(22-16(14)3)26-13-19(25)23-18-9-10-24(12-18)11-17-7-5-4-6-8-17/h4-8,18H,9-13H2,1-3H3,(H,23,25). The lowest BCUT2D eigenvalue weighted by Crippen LogP contribution is -2.38. The first-order valence-corrected chi connectivity index (χ1v) is 10.00. The summed E-state index contributed by atoms with van der Waals surface area (Å²) in [5, 5.41) is 3.83. The Morgan fingerprint density at radius 2 is 1.88 bits per heavy atom. The molecule has 1 aliphatic heterocycles. The molecule has 0 spiro atoms. The minimum absolute atomic E-state index is 0.0565. The van der Waals surface area contributed by atoms with Crippen molar-refractivity contribution in [2.24, 2.45) is 0 Å². The van der Waals surface area contributed by atoms with Crippen LogP contribution in [0, 0.1) is 20.8 Å². The van der Waals surface area contributed by atoms with Gasteiger partial charge in [0, 0.05) is 37.1 Å². The van der Waals surface area contributed by atoms with Gasteiger partial charge in [-0.05, 0) is 38.3 Å². The molecular formula is C20H26N4OS. The van der Waals surface area contributed by atoms with Crippen LogP contribution in [0.1, 0.15) is 28.9 Å². The molecule has 0 aliphatic carbocycles. The van der Waals surface area contributed by atoms with Crippen LogP contribution in [0.25, 0.3) is 0 Å². The Balaban J connectivity index is 1.44. The Labute approximate surface area is 159 Å². The van der Waals surface area contributed by atoms with E-state index < -0.39 is 0 Å². The van der Waals surface area contributed by atoms with Crippen LogP contribution in [0.2, 0.25) is 0 Å². The third-order valence-corrected chi connectivity index (χ3v) is 5.68. The van der Waals surface area contributed by atoms with Gasteiger partial charge >= 0.3 is 0 Å². The zero-order valence-corrected chi connectivity index (χ0v) is 16.5. The third kappa shape index (κ3) is 5.05. The van der Waals surface area contributed by atoms with E-state index in [1.165, 1.54) is 17.3 Å². The topological polar surface area (TPSA) is 58.1 Å². The zero-order valence-electron chi connectivity index (χ0n) is 15.7. The SMILES string of the molecule is Cc1nc(SCC(=O)NC2CCN(Cc3ccccc3)C2)nc(C)c1C. The van der Waals surface area contributed by atoms with Crippen molar-refractivity contribution in [2.45, 2.75) is 44.9 Å². The van der Waals surface area contributed by atoms with Crippen molar-refractivity contribution in [3.63, 3.8) is 0 Å². The maximum absolute atomic E-state index is 12.3. The van der Waals surface area contributed by atoms with Crippen LogP contribution in [0.4, 0.5) is 0 Å². The first-order chi connectivity index (χ1) is 12.5. The van der Waals surface area contributed by atoms with Gasteiger partial charge in [-0.2, -0.15) is 0 Å². The normalized spacial score (nSPS) is 17.4. The molecule has 6 heteroatoms. The number of aryl methyl sites for hydroxylation is 2. The Bertz CT molecular complexity index is 743. The Kier molecular flexibility index (Phi) is 6.27. The number of likely N-dealkylation sites (tertiary alicyclic amines) is 1. The lowest BCUT2D eigenvalue weighted by atomic mass is 10.2. The van der Waals surface area contributed by atoms with Crippen molar-refractivity contribution in [1.29, 1.82) is 0 Å². The summed E-state index contributed by atoms with van der Waals surface area (Å²) in [5.41, 5.74) is 4.39. The number of benzene rings is 1. The molecule has 138 valence electrons. The van der Waals surface area contributed by atoms with Crippen molar-refractivity contribution in [1.82, 2.24) is 20.2 Å². The summed E-state index contributed by atoms with van der Waals surface area (Å²) in [7, 11) is 0. The maximum Gasteiger partial charge on any atom is 0.230 e. The van der Waals surface area contributed by atoms with Crippen LogP contribution in [-0.2, 0) is 11.3 Å². The molecule has 1 amide bonds. The summed E-state index contributed by atoms with van der Waals surface area (Å²) >= 11 is 1.40. The van der Waals surface area contributed by atoms with Gasteiger partial charge in [0.25, 0.3) is 0 Å². The number of nitrogens with one attached hydrogen (secondary N) is 1. The second kappa shape index (κ2) is 8.64. The molecule has 0 bridgehead atoms. The fourth-order valence-corrected chi connectivity index (χ4v) is 3.89. The Hall–Kier alpha value is -1.92. The van der Waals surface area contributed by atoms with Gasteiger partial charge in [-0.1, -0.05) is 42.1 Å². The van der Waals surface area contributed by atoms with E-state index in [9.17, 15) is 4.79 Å². The van der Waals surface area contributed by atoms with Gasteiger partial charge in [-0.25, -0.2) is 9.97 Å². The first-order valence-electron chi connectivity index (χ1n) is 9.01. The molecule has 2 heterocycles. The van der Waals surface area contributed by atoms with E-state index in [2.05, 4.69) is 44.5 Å². The number of hydrogen-bond acceptors (Lipinski definition) is 5. The smallest absolute Gasteiger partial charge is 0.230 e. The largest absolute Gasteiger partial charge is 0.351 e. The van der Waals surface area contributed by atoms with E-state index in [0.717, 1.165) is 43.0 Å². The first kappa shape index (κ1) is 18.9. The number of amides is 1. The summed E-state index contributed by atoms with van der Waals surface area (Å²) in [4.78, 5) is 23.6. The molecule has 1 atom stereocenters. The number of hydrogen-bond donors (Lipinski definition) is 1. The third-order valence-electron chi connectivity index (χ3n) is 4.83. The van der Waals surface area contributed by atoms with Crippen LogP contribution < -0.4 is 5.32 Å². The molecule has 0 radical (unpaired) electrons. The van der Waals surface area contributed by atoms with Crippen molar-refractivity contribution in [3.05, 3.63) is 52.8 Å². The van der Waals surface area contributed by atoms with Gasteiger partial charge in [0.2, 0.25) is 5.91 Å². The molecule has 1 aromatic heterocycles. The van der Waals surface area contributed by atoms with Crippen LogP contribution in [-0.4, -0.2) is 45.7 Å². The van der Waals surface area contributed by atoms with Gasteiger partial charge in [0.1, 0.15) is 0 Å². The molecule has 1 N–H and O–H groups in total. The Morgan fingerprint density at radius 3 is 2.58 bits per heavy atom. The molecule has 1 aromatic carbocycles. The summed E-state index contributed by atoms with van der Waals surface area (Å²) in [6.45, 7) is 8.85. The van der Waals surface area contributed by atoms with Gasteiger partial charge < -0.3 is 5.32 Å². The van der Waals surface area contributed by atoms with Crippen LogP contribution in [0.3, 0.4) is 0 Å². The van der Waals surface area contributed by atoms with Crippen LogP contribution in [0.5, 0.6) is 0 Å². The number of rotatable bonds is 6. The van der Waals surface area contributed by atoms with Gasteiger partial charge in [-0.15, -0.1) is 0 Å². The predicted octanol–water partition coefficient (Wildman–Crippen LogP) is 2.88. The summed E-state index contributed by atoms with van der Waals surface area (Å²) in [6, 6.07) is 10.7. The zero-order chi connectivity index (χ0) is 18.5. The lowest BCUT2D eigenvalue weighted by molar-refractivity contribution is -0.119. The van der Waals surface area contributed by atoms with E-state index >= 15 is 0 Å². The minimum Gasteiger partial charge on any atom is -0.351 e. The van der Waals surface area contributed by atoms with Crippen molar-refractivity contribution < 1.29 is 4.79 Å². The highest BCUT2D eigenvalue weighted by Crippen LogP contribution is 2.18. The molecular weight excluding hydrogens is 344 g/mol. The monoisotopic (exact) mass is 370 g/mol. The number of carbonyl (C=O) groups excluding carboxylic acids is 1. The van der Waals surface area contributed by atoms with Crippen molar-refractivity contribution in [3.8, 4) is 0 Å². The summed E-state index contributed by atoms with van der Waals surface area (Å²) in [5.74, 6) is 0.415. The van der Waals surface area contributed by atoms with Gasteiger partial charge in [0.05, 0.1) is 5.75 Å². The maximum atomic E-state index is 12.3. The number of nitrogens with zero attached hydrogens (tertiary/aromatic N) is 3. The molecule has 1 aliphatic rings. The molecule has 2 aromatic rings. The number of aromatic nitrogens is 2. The highest BCUT2D eigenvalue weighted by atomic mass is 32.2. The van der Waals surface area contributed by atoms with Crippen molar-refractivity contribution in [2.75, 3.05) is 18.8 Å². The average molecular weight is 371 g/mol. The van der Waals surface area contributed by atoms with Gasteiger partial charge in [-0.3, -0.25) is 9.69 Å². The molecule has 26 heavy (non-hydrogen) atoms. The lowest BCUT2D eigenvalue weighted by Gasteiger charge is -2.16. The van der Waals surface area contributed by atoms with E-state index in [4.69, 9.17) is 0 Å². The minimum atomic E-state index is 0.0565. The molecule has 1 saturated heterocycles. The van der Waals surface area contributed by atoms with Crippen LogP contribution >= 0.6 is 11.8 Å². The fourth-order valence-electron chi connectivity index (χ4n) is 3.14. The quantitative estimate of drug-likeness (QED) is 0.626. The summed E-state index contributed by atoms with van der Waals surface area (Å²) in [6.07, 6.45) is 1.00. The molecule has 3 rings (SSSR count). The van der Waals surface area contributed by atoms with Gasteiger partial charge in [0.15, 0.2) is 5.16 Å². The van der Waals surface area contributed by atoms with Crippen LogP contribution in [0.15, 0.2) is 35.5 Å². The summed E-state index contributed by atoms with van der Waals surface area (Å²) < 4.78 is 0. The number of thioether (sulfide) groups is 1.